The number of benzene rings is 2. The van der Waals surface area contributed by atoms with Crippen molar-refractivity contribution in [2.45, 2.75) is 25.9 Å². The fraction of sp³-hybridized carbons (Fsp3) is 0.433. The van der Waals surface area contributed by atoms with E-state index in [4.69, 9.17) is 18.9 Å². The van der Waals surface area contributed by atoms with E-state index in [-0.39, 0.29) is 24.6 Å². The maximum atomic E-state index is 13.4. The summed E-state index contributed by atoms with van der Waals surface area (Å²) in [5.41, 5.74) is 2.08. The average Bonchev–Trinajstić information content (AvgIpc) is 2.98. The highest BCUT2D eigenvalue weighted by atomic mass is 16.5. The summed E-state index contributed by atoms with van der Waals surface area (Å²) in [6.07, 6.45) is 0. The van der Waals surface area contributed by atoms with Gasteiger partial charge >= 0.3 is 12.0 Å². The maximum absolute atomic E-state index is 13.4. The van der Waals surface area contributed by atoms with Gasteiger partial charge in [-0.2, -0.15) is 0 Å². The van der Waals surface area contributed by atoms with Gasteiger partial charge in [-0.3, -0.25) is 14.6 Å². The number of amides is 3. The summed E-state index contributed by atoms with van der Waals surface area (Å²) < 4.78 is 21.6. The van der Waals surface area contributed by atoms with Crippen LogP contribution in [0.4, 0.5) is 4.79 Å². The number of hydrogen-bond acceptors (Lipinski definition) is 8. The lowest BCUT2D eigenvalue weighted by Crippen LogP contribution is -2.56. The zero-order valence-corrected chi connectivity index (χ0v) is 24.4. The number of nitrogens with one attached hydrogen (secondary N) is 1. The summed E-state index contributed by atoms with van der Waals surface area (Å²) in [5.74, 6) is 1.18. The second kappa shape index (κ2) is 12.9. The van der Waals surface area contributed by atoms with E-state index in [0.29, 0.717) is 65.8 Å². The number of urea groups is 1. The monoisotopic (exact) mass is 566 g/mol. The average molecular weight is 567 g/mol. The molecule has 41 heavy (non-hydrogen) atoms. The Bertz CT molecular complexity index is 1310. The third-order valence-corrected chi connectivity index (χ3v) is 7.51. The minimum atomic E-state index is -0.788. The molecule has 11 nitrogen and oxygen atoms in total. The zero-order chi connectivity index (χ0) is 29.7. The highest BCUT2D eigenvalue weighted by Crippen LogP contribution is 2.37. The first kappa shape index (κ1) is 29.7. The SMILES string of the molecule is CCOC(=O)C1=C(CN2CCN(C(=O)c3ccc(OC)cc3)C(C)C2)N(C)C(=O)NC1c1ccc(OC)cc1OC. The molecule has 4 rings (SSSR count). The molecule has 2 aliphatic rings. The molecule has 0 spiro atoms. The lowest BCUT2D eigenvalue weighted by atomic mass is 9.93. The Morgan fingerprint density at radius 2 is 1.66 bits per heavy atom. The van der Waals surface area contributed by atoms with E-state index < -0.39 is 12.0 Å². The van der Waals surface area contributed by atoms with Gasteiger partial charge in [0.15, 0.2) is 0 Å². The van der Waals surface area contributed by atoms with Crippen molar-refractivity contribution in [3.8, 4) is 17.2 Å². The predicted molar refractivity (Wildman–Crippen MR) is 152 cm³/mol. The molecular weight excluding hydrogens is 528 g/mol. The smallest absolute Gasteiger partial charge is 0.338 e. The van der Waals surface area contributed by atoms with Crippen molar-refractivity contribution in [1.29, 1.82) is 0 Å². The predicted octanol–water partition coefficient (Wildman–Crippen LogP) is 3.07. The molecule has 1 saturated heterocycles. The molecule has 0 saturated carbocycles. The highest BCUT2D eigenvalue weighted by Gasteiger charge is 2.39. The first-order valence-corrected chi connectivity index (χ1v) is 13.6. The molecule has 2 atom stereocenters. The fourth-order valence-corrected chi connectivity index (χ4v) is 5.28. The van der Waals surface area contributed by atoms with Crippen LogP contribution < -0.4 is 19.5 Å². The van der Waals surface area contributed by atoms with Gasteiger partial charge in [-0.1, -0.05) is 0 Å². The topological polar surface area (TPSA) is 110 Å². The van der Waals surface area contributed by atoms with Gasteiger partial charge in [0.25, 0.3) is 5.91 Å². The maximum Gasteiger partial charge on any atom is 0.338 e. The van der Waals surface area contributed by atoms with Gasteiger partial charge in [0.1, 0.15) is 17.2 Å². The number of nitrogens with zero attached hydrogens (tertiary/aromatic N) is 3. The largest absolute Gasteiger partial charge is 0.497 e. The van der Waals surface area contributed by atoms with E-state index in [9.17, 15) is 14.4 Å². The molecule has 2 aromatic rings. The molecule has 3 amide bonds. The molecule has 2 unspecified atom stereocenters. The third kappa shape index (κ3) is 6.25. The van der Waals surface area contributed by atoms with Crippen LogP contribution in [-0.4, -0.2) is 99.8 Å². The molecule has 220 valence electrons. The Balaban J connectivity index is 1.62. The number of ether oxygens (including phenoxy) is 4. The second-order valence-electron chi connectivity index (χ2n) is 9.94. The molecule has 2 heterocycles. The van der Waals surface area contributed by atoms with Crippen LogP contribution in [0.3, 0.4) is 0 Å². The fourth-order valence-electron chi connectivity index (χ4n) is 5.28. The Labute approximate surface area is 240 Å². The highest BCUT2D eigenvalue weighted by molar-refractivity contribution is 5.96. The van der Waals surface area contributed by atoms with E-state index >= 15 is 0 Å². The lowest BCUT2D eigenvalue weighted by Gasteiger charge is -2.42. The van der Waals surface area contributed by atoms with Crippen molar-refractivity contribution in [1.82, 2.24) is 20.0 Å². The van der Waals surface area contributed by atoms with Gasteiger partial charge in [-0.25, -0.2) is 9.59 Å². The molecule has 0 aromatic heterocycles. The van der Waals surface area contributed by atoms with Crippen LogP contribution in [-0.2, 0) is 9.53 Å². The molecule has 0 radical (unpaired) electrons. The molecular formula is C30H38N4O7. The summed E-state index contributed by atoms with van der Waals surface area (Å²) in [4.78, 5) is 45.3. The van der Waals surface area contributed by atoms with Crippen LogP contribution in [0, 0.1) is 0 Å². The number of piperazine rings is 1. The van der Waals surface area contributed by atoms with Crippen LogP contribution in [0.1, 0.15) is 35.8 Å². The molecule has 2 aromatic carbocycles. The molecule has 2 aliphatic heterocycles. The summed E-state index contributed by atoms with van der Waals surface area (Å²) in [6, 6.07) is 11.1. The van der Waals surface area contributed by atoms with Crippen molar-refractivity contribution >= 4 is 17.9 Å². The van der Waals surface area contributed by atoms with E-state index in [1.54, 1.807) is 70.7 Å². The van der Waals surface area contributed by atoms with Crippen LogP contribution in [0.5, 0.6) is 17.2 Å². The van der Waals surface area contributed by atoms with Gasteiger partial charge in [-0.15, -0.1) is 0 Å². The number of carbonyl (C=O) groups is 3. The van der Waals surface area contributed by atoms with Gasteiger partial charge in [0.05, 0.1) is 39.6 Å². The van der Waals surface area contributed by atoms with E-state index in [2.05, 4.69) is 10.2 Å². The number of carbonyl (C=O) groups excluding carboxylic acids is 3. The van der Waals surface area contributed by atoms with Crippen LogP contribution >= 0.6 is 0 Å². The Hall–Kier alpha value is -4.25. The Morgan fingerprint density at radius 1 is 0.976 bits per heavy atom. The minimum Gasteiger partial charge on any atom is -0.497 e. The van der Waals surface area contributed by atoms with E-state index in [1.807, 2.05) is 11.8 Å². The van der Waals surface area contributed by atoms with Crippen molar-refractivity contribution in [2.24, 2.45) is 0 Å². The van der Waals surface area contributed by atoms with Crippen LogP contribution in [0.2, 0.25) is 0 Å². The zero-order valence-electron chi connectivity index (χ0n) is 24.4. The van der Waals surface area contributed by atoms with Gasteiger partial charge in [0.2, 0.25) is 0 Å². The minimum absolute atomic E-state index is 0.0490. The molecule has 0 aliphatic carbocycles. The second-order valence-corrected chi connectivity index (χ2v) is 9.94. The first-order chi connectivity index (χ1) is 19.7. The van der Waals surface area contributed by atoms with Crippen LogP contribution in [0.25, 0.3) is 0 Å². The Morgan fingerprint density at radius 3 is 2.27 bits per heavy atom. The molecule has 11 heteroatoms. The summed E-state index contributed by atoms with van der Waals surface area (Å²) in [7, 11) is 6.30. The van der Waals surface area contributed by atoms with Gasteiger partial charge in [0, 0.05) is 62.2 Å². The first-order valence-electron chi connectivity index (χ1n) is 13.6. The van der Waals surface area contributed by atoms with Crippen LogP contribution in [0.15, 0.2) is 53.7 Å². The van der Waals surface area contributed by atoms with Crippen molar-refractivity contribution < 1.29 is 33.3 Å². The number of hydrogen-bond donors (Lipinski definition) is 1. The quantitative estimate of drug-likeness (QED) is 0.462. The van der Waals surface area contributed by atoms with Crippen molar-refractivity contribution in [3.05, 3.63) is 64.9 Å². The molecule has 0 bridgehead atoms. The summed E-state index contributed by atoms with van der Waals surface area (Å²) in [6.45, 7) is 5.87. The molecule has 1 fully saturated rings. The van der Waals surface area contributed by atoms with Gasteiger partial charge in [-0.05, 0) is 50.2 Å². The van der Waals surface area contributed by atoms with E-state index in [1.165, 1.54) is 12.0 Å². The molecule has 1 N–H and O–H groups in total. The normalized spacial score (nSPS) is 19.5. The van der Waals surface area contributed by atoms with Crippen molar-refractivity contribution in [2.75, 3.05) is 61.2 Å². The number of likely N-dealkylation sites (N-methyl/N-ethyl adjacent to an activating group) is 1. The van der Waals surface area contributed by atoms with Gasteiger partial charge < -0.3 is 29.2 Å². The summed E-state index contributed by atoms with van der Waals surface area (Å²) >= 11 is 0. The lowest BCUT2D eigenvalue weighted by molar-refractivity contribution is -0.139. The number of esters is 1. The van der Waals surface area contributed by atoms with E-state index in [0.717, 1.165) is 0 Å². The Kier molecular flexibility index (Phi) is 9.38. The third-order valence-electron chi connectivity index (χ3n) is 7.51. The standard InChI is InChI=1S/C30H38N4O7/c1-7-41-29(36)26-24(32(3)30(37)31-27(26)23-13-12-22(39-5)16-25(23)40-6)18-33-14-15-34(19(2)17-33)28(35)20-8-10-21(38-4)11-9-20/h8-13,16,19,27H,7,14-15,17-18H2,1-6H3,(H,31,37). The summed E-state index contributed by atoms with van der Waals surface area (Å²) in [5, 5.41) is 2.94. The van der Waals surface area contributed by atoms with Crippen molar-refractivity contribution in [3.63, 3.8) is 0 Å². The number of methoxy groups -OCH3 is 3. The number of rotatable bonds is 9.